The molecule has 0 heterocycles. The number of amides is 1. The van der Waals surface area contributed by atoms with E-state index in [1.54, 1.807) is 14.1 Å². The van der Waals surface area contributed by atoms with E-state index >= 15 is 0 Å². The third-order valence-corrected chi connectivity index (χ3v) is 1.95. The molecule has 80 valence electrons. The number of carboxylic acid groups (broad SMARTS) is 1. The molecule has 1 rings (SSSR count). The summed E-state index contributed by atoms with van der Waals surface area (Å²) in [5.74, 6) is -1.57. The Kier molecular flexibility index (Phi) is 2.94. The molecule has 0 aliphatic heterocycles. The summed E-state index contributed by atoms with van der Waals surface area (Å²) in [6, 6.07) is 4.36. The summed E-state index contributed by atoms with van der Waals surface area (Å²) >= 11 is 0. The lowest BCUT2D eigenvalue weighted by molar-refractivity contribution is 0.0685. The van der Waals surface area contributed by atoms with Crippen LogP contribution in [0.2, 0.25) is 0 Å². The minimum atomic E-state index is -1.16. The van der Waals surface area contributed by atoms with Crippen LogP contribution in [0.3, 0.4) is 0 Å². The maximum absolute atomic E-state index is 11.7. The van der Waals surface area contributed by atoms with Gasteiger partial charge in [0.1, 0.15) is 0 Å². The van der Waals surface area contributed by atoms with Crippen molar-refractivity contribution in [1.82, 2.24) is 4.90 Å². The molecule has 0 aliphatic carbocycles. The van der Waals surface area contributed by atoms with E-state index in [0.29, 0.717) is 0 Å². The summed E-state index contributed by atoms with van der Waals surface area (Å²) in [6.45, 7) is 0. The number of nitrogen functional groups attached to an aromatic ring is 1. The molecule has 0 aromatic heterocycles. The normalized spacial score (nSPS) is 9.73. The zero-order chi connectivity index (χ0) is 11.6. The number of carboxylic acids is 1. The second-order valence-electron chi connectivity index (χ2n) is 3.27. The first-order chi connectivity index (χ1) is 6.95. The average molecular weight is 208 g/mol. The van der Waals surface area contributed by atoms with Gasteiger partial charge in [0.2, 0.25) is 0 Å². The number of carbonyl (C=O) groups is 2. The SMILES string of the molecule is CN(C)C(=O)c1c(N)cccc1C(=O)O. The summed E-state index contributed by atoms with van der Waals surface area (Å²) in [6.07, 6.45) is 0. The molecule has 5 nitrogen and oxygen atoms in total. The van der Waals surface area contributed by atoms with E-state index in [0.717, 1.165) is 0 Å². The second-order valence-corrected chi connectivity index (χ2v) is 3.27. The van der Waals surface area contributed by atoms with Crippen molar-refractivity contribution in [3.8, 4) is 0 Å². The fourth-order valence-electron chi connectivity index (χ4n) is 1.21. The van der Waals surface area contributed by atoms with Crippen LogP contribution in [-0.2, 0) is 0 Å². The van der Waals surface area contributed by atoms with Crippen molar-refractivity contribution in [2.45, 2.75) is 0 Å². The number of carbonyl (C=O) groups excluding carboxylic acids is 1. The van der Waals surface area contributed by atoms with E-state index in [-0.39, 0.29) is 16.8 Å². The Morgan fingerprint density at radius 3 is 2.40 bits per heavy atom. The Labute approximate surface area is 87.1 Å². The lowest BCUT2D eigenvalue weighted by Gasteiger charge is -2.13. The fraction of sp³-hybridized carbons (Fsp3) is 0.200. The Morgan fingerprint density at radius 1 is 1.33 bits per heavy atom. The van der Waals surface area contributed by atoms with Crippen LogP contribution in [0.25, 0.3) is 0 Å². The average Bonchev–Trinajstić information content (AvgIpc) is 2.16. The molecule has 1 amide bonds. The van der Waals surface area contributed by atoms with Gasteiger partial charge >= 0.3 is 5.97 Å². The molecule has 0 saturated carbocycles. The van der Waals surface area contributed by atoms with Crippen LogP contribution < -0.4 is 5.73 Å². The molecular weight excluding hydrogens is 196 g/mol. The van der Waals surface area contributed by atoms with Crippen molar-refractivity contribution >= 4 is 17.6 Å². The molecule has 15 heavy (non-hydrogen) atoms. The molecule has 0 saturated heterocycles. The Morgan fingerprint density at radius 2 is 1.93 bits per heavy atom. The molecule has 0 unspecified atom stereocenters. The number of hydrogen-bond acceptors (Lipinski definition) is 3. The van der Waals surface area contributed by atoms with Gasteiger partial charge < -0.3 is 15.7 Å². The predicted molar refractivity (Wildman–Crippen MR) is 55.8 cm³/mol. The van der Waals surface area contributed by atoms with E-state index in [4.69, 9.17) is 10.8 Å². The molecule has 0 fully saturated rings. The highest BCUT2D eigenvalue weighted by molar-refractivity contribution is 6.08. The first kappa shape index (κ1) is 11.0. The first-order valence-electron chi connectivity index (χ1n) is 4.28. The maximum Gasteiger partial charge on any atom is 0.336 e. The summed E-state index contributed by atoms with van der Waals surface area (Å²) < 4.78 is 0. The summed E-state index contributed by atoms with van der Waals surface area (Å²) in [5.41, 5.74) is 5.72. The molecule has 0 bridgehead atoms. The smallest absolute Gasteiger partial charge is 0.336 e. The van der Waals surface area contributed by atoms with Crippen LogP contribution in [0.15, 0.2) is 18.2 Å². The van der Waals surface area contributed by atoms with Gasteiger partial charge in [-0.25, -0.2) is 4.79 Å². The zero-order valence-electron chi connectivity index (χ0n) is 8.52. The van der Waals surface area contributed by atoms with Gasteiger partial charge in [-0.3, -0.25) is 4.79 Å². The van der Waals surface area contributed by atoms with Crippen molar-refractivity contribution in [2.24, 2.45) is 0 Å². The molecular formula is C10H12N2O3. The molecule has 0 spiro atoms. The van der Waals surface area contributed by atoms with Gasteiger partial charge in [-0.15, -0.1) is 0 Å². The van der Waals surface area contributed by atoms with Crippen molar-refractivity contribution in [2.75, 3.05) is 19.8 Å². The quantitative estimate of drug-likeness (QED) is 0.699. The van der Waals surface area contributed by atoms with Crippen molar-refractivity contribution in [3.63, 3.8) is 0 Å². The maximum atomic E-state index is 11.7. The minimum Gasteiger partial charge on any atom is -0.478 e. The van der Waals surface area contributed by atoms with Crippen LogP contribution in [0.1, 0.15) is 20.7 Å². The molecule has 1 aromatic carbocycles. The van der Waals surface area contributed by atoms with E-state index in [2.05, 4.69) is 0 Å². The van der Waals surface area contributed by atoms with Crippen LogP contribution in [0, 0.1) is 0 Å². The fourth-order valence-corrected chi connectivity index (χ4v) is 1.21. The van der Waals surface area contributed by atoms with Crippen LogP contribution in [0.5, 0.6) is 0 Å². The Hall–Kier alpha value is -2.04. The number of anilines is 1. The van der Waals surface area contributed by atoms with E-state index in [1.807, 2.05) is 0 Å². The number of nitrogens with two attached hydrogens (primary N) is 1. The van der Waals surface area contributed by atoms with E-state index in [9.17, 15) is 9.59 Å². The lowest BCUT2D eigenvalue weighted by Crippen LogP contribution is -2.25. The second kappa shape index (κ2) is 4.00. The molecule has 0 aliphatic rings. The van der Waals surface area contributed by atoms with E-state index < -0.39 is 11.9 Å². The number of benzene rings is 1. The summed E-state index contributed by atoms with van der Waals surface area (Å²) in [4.78, 5) is 23.8. The monoisotopic (exact) mass is 208 g/mol. The van der Waals surface area contributed by atoms with Crippen LogP contribution in [-0.4, -0.2) is 36.0 Å². The largest absolute Gasteiger partial charge is 0.478 e. The van der Waals surface area contributed by atoms with Gasteiger partial charge in [0.15, 0.2) is 0 Å². The number of rotatable bonds is 2. The van der Waals surface area contributed by atoms with Gasteiger partial charge in [-0.2, -0.15) is 0 Å². The molecule has 3 N–H and O–H groups in total. The molecule has 5 heteroatoms. The lowest BCUT2D eigenvalue weighted by atomic mass is 10.0. The minimum absolute atomic E-state index is 0.0370. The van der Waals surface area contributed by atoms with Crippen molar-refractivity contribution in [3.05, 3.63) is 29.3 Å². The van der Waals surface area contributed by atoms with Crippen molar-refractivity contribution < 1.29 is 14.7 Å². The van der Waals surface area contributed by atoms with Crippen molar-refractivity contribution in [1.29, 1.82) is 0 Å². The molecule has 0 radical (unpaired) electrons. The number of nitrogens with zero attached hydrogens (tertiary/aromatic N) is 1. The standard InChI is InChI=1S/C10H12N2O3/c1-12(2)9(13)8-6(10(14)15)4-3-5-7(8)11/h3-5H,11H2,1-2H3,(H,14,15). The highest BCUT2D eigenvalue weighted by Gasteiger charge is 2.20. The number of hydrogen-bond donors (Lipinski definition) is 2. The van der Waals surface area contributed by atoms with Crippen LogP contribution in [0.4, 0.5) is 5.69 Å². The third-order valence-electron chi connectivity index (χ3n) is 1.95. The summed E-state index contributed by atoms with van der Waals surface area (Å²) in [7, 11) is 3.08. The first-order valence-corrected chi connectivity index (χ1v) is 4.28. The van der Waals surface area contributed by atoms with Gasteiger partial charge in [0.05, 0.1) is 11.1 Å². The predicted octanol–water partition coefficient (Wildman–Crippen LogP) is 0.669. The topological polar surface area (TPSA) is 83.6 Å². The Bertz CT molecular complexity index is 413. The number of aromatic carboxylic acids is 1. The van der Waals surface area contributed by atoms with E-state index in [1.165, 1.54) is 23.1 Å². The third kappa shape index (κ3) is 2.07. The highest BCUT2D eigenvalue weighted by Crippen LogP contribution is 2.18. The highest BCUT2D eigenvalue weighted by atomic mass is 16.4. The van der Waals surface area contributed by atoms with Gasteiger partial charge in [-0.1, -0.05) is 6.07 Å². The molecule has 0 atom stereocenters. The zero-order valence-corrected chi connectivity index (χ0v) is 8.52. The van der Waals surface area contributed by atoms with Gasteiger partial charge in [0, 0.05) is 19.8 Å². The molecule has 1 aromatic rings. The van der Waals surface area contributed by atoms with Crippen LogP contribution >= 0.6 is 0 Å². The van der Waals surface area contributed by atoms with Gasteiger partial charge in [0.25, 0.3) is 5.91 Å². The Balaban J connectivity index is 3.37. The summed E-state index contributed by atoms with van der Waals surface area (Å²) in [5, 5.41) is 8.89. The van der Waals surface area contributed by atoms with Gasteiger partial charge in [-0.05, 0) is 12.1 Å².